The zero-order valence-electron chi connectivity index (χ0n) is 21.9. The Morgan fingerprint density at radius 2 is 1.83 bits per heavy atom. The van der Waals surface area contributed by atoms with Gasteiger partial charge in [0.1, 0.15) is 17.1 Å². The molecule has 1 aliphatic heterocycles. The van der Waals surface area contributed by atoms with Crippen molar-refractivity contribution in [1.82, 2.24) is 23.8 Å². The number of aliphatic hydroxyl groups is 1. The smallest absolute Gasteiger partial charge is 0.375 e. The van der Waals surface area contributed by atoms with Gasteiger partial charge in [-0.2, -0.15) is 13.2 Å². The molecule has 4 heterocycles. The number of fused-ring (bicyclic) bond motifs is 1. The normalized spacial score (nSPS) is 17.8. The highest BCUT2D eigenvalue weighted by atomic mass is 32.2. The van der Waals surface area contributed by atoms with Crippen LogP contribution in [0.5, 0.6) is 0 Å². The molecule has 1 N–H and O–H groups in total. The quantitative estimate of drug-likeness (QED) is 0.294. The third-order valence-electron chi connectivity index (χ3n) is 7.09. The number of aryl methyl sites for hydroxylation is 1. The molecule has 2 aromatic carbocycles. The fraction of sp³-hybridized carbons (Fsp3) is 0.214. The molecule has 5 aromatic rings. The Morgan fingerprint density at radius 3 is 2.57 bits per heavy atom. The molecule has 0 unspecified atom stereocenters. The first kappa shape index (κ1) is 28.0. The van der Waals surface area contributed by atoms with Gasteiger partial charge in [0.05, 0.1) is 16.2 Å². The molecule has 216 valence electrons. The summed E-state index contributed by atoms with van der Waals surface area (Å²) in [5.74, 6) is -1.00. The van der Waals surface area contributed by atoms with Crippen LogP contribution >= 0.6 is 11.3 Å². The lowest BCUT2D eigenvalue weighted by Crippen LogP contribution is -2.41. The van der Waals surface area contributed by atoms with E-state index in [2.05, 4.69) is 15.0 Å². The number of thiazole rings is 1. The van der Waals surface area contributed by atoms with Crippen LogP contribution in [-0.2, 0) is 20.4 Å². The van der Waals surface area contributed by atoms with Gasteiger partial charge in [-0.3, -0.25) is 9.78 Å². The Kier molecular flexibility index (Phi) is 6.66. The van der Waals surface area contributed by atoms with Crippen LogP contribution in [-0.4, -0.2) is 62.5 Å². The summed E-state index contributed by atoms with van der Waals surface area (Å²) in [6, 6.07) is 12.8. The van der Waals surface area contributed by atoms with Gasteiger partial charge in [-0.1, -0.05) is 35.9 Å². The van der Waals surface area contributed by atoms with Crippen molar-refractivity contribution in [1.29, 1.82) is 0 Å². The molecule has 0 bridgehead atoms. The molecule has 9 nitrogen and oxygen atoms in total. The van der Waals surface area contributed by atoms with Gasteiger partial charge in [-0.05, 0) is 30.7 Å². The molecule has 1 fully saturated rings. The molecule has 1 aliphatic rings. The van der Waals surface area contributed by atoms with Crippen LogP contribution in [0.3, 0.4) is 0 Å². The number of hydrogen-bond donors (Lipinski definition) is 1. The van der Waals surface area contributed by atoms with E-state index in [-0.39, 0.29) is 29.1 Å². The molecule has 6 rings (SSSR count). The second-order valence-electron chi connectivity index (χ2n) is 9.96. The van der Waals surface area contributed by atoms with Gasteiger partial charge in [0.25, 0.3) is 15.9 Å². The maximum absolute atomic E-state index is 13.5. The third-order valence-corrected chi connectivity index (χ3v) is 9.63. The number of amides is 1. The topological polar surface area (TPSA) is 118 Å². The lowest BCUT2D eigenvalue weighted by molar-refractivity contribution is -0.164. The van der Waals surface area contributed by atoms with E-state index in [1.807, 2.05) is 6.92 Å². The van der Waals surface area contributed by atoms with Gasteiger partial charge in [-0.15, -0.1) is 11.3 Å². The molecule has 1 atom stereocenters. The molecule has 0 saturated carbocycles. The van der Waals surface area contributed by atoms with Crippen molar-refractivity contribution in [2.45, 2.75) is 30.0 Å². The molecule has 1 saturated heterocycles. The number of benzene rings is 2. The first-order chi connectivity index (χ1) is 19.9. The minimum absolute atomic E-state index is 0.0898. The second kappa shape index (κ2) is 10.00. The molecule has 1 amide bonds. The fourth-order valence-electron chi connectivity index (χ4n) is 4.95. The first-order valence-corrected chi connectivity index (χ1v) is 15.0. The minimum Gasteiger partial charge on any atom is -0.375 e. The second-order valence-corrected chi connectivity index (χ2v) is 12.6. The largest absolute Gasteiger partial charge is 0.406 e. The molecule has 0 radical (unpaired) electrons. The number of likely N-dealkylation sites (tertiary alicyclic amines) is 1. The summed E-state index contributed by atoms with van der Waals surface area (Å²) < 4.78 is 66.8. The number of alkyl halides is 3. The SMILES string of the molecule is Cc1ccc(S(=O)(=O)n2cc(-c3nc(-c4cccc([C@]5(O)CCN(CC(F)(F)F)C5=O)c4)cs3)c3nccnc32)cc1. The van der Waals surface area contributed by atoms with Gasteiger partial charge >= 0.3 is 6.18 Å². The summed E-state index contributed by atoms with van der Waals surface area (Å²) in [5, 5.41) is 13.3. The third kappa shape index (κ3) is 4.84. The van der Waals surface area contributed by atoms with E-state index in [0.717, 1.165) is 9.54 Å². The van der Waals surface area contributed by atoms with Crippen molar-refractivity contribution in [3.05, 3.63) is 83.6 Å². The first-order valence-electron chi connectivity index (χ1n) is 12.7. The van der Waals surface area contributed by atoms with E-state index >= 15 is 0 Å². The van der Waals surface area contributed by atoms with Gasteiger partial charge < -0.3 is 10.0 Å². The van der Waals surface area contributed by atoms with E-state index in [4.69, 9.17) is 0 Å². The lowest BCUT2D eigenvalue weighted by Gasteiger charge is -2.23. The average molecular weight is 614 g/mol. The zero-order valence-corrected chi connectivity index (χ0v) is 23.5. The summed E-state index contributed by atoms with van der Waals surface area (Å²) in [4.78, 5) is 26.8. The molecule has 14 heteroatoms. The predicted molar refractivity (Wildman–Crippen MR) is 149 cm³/mol. The van der Waals surface area contributed by atoms with Crippen molar-refractivity contribution in [3.63, 3.8) is 0 Å². The van der Waals surface area contributed by atoms with Crippen LogP contribution in [0, 0.1) is 6.92 Å². The van der Waals surface area contributed by atoms with E-state index in [9.17, 15) is 31.5 Å². The number of aromatic nitrogens is 4. The highest BCUT2D eigenvalue weighted by Crippen LogP contribution is 2.38. The number of carbonyl (C=O) groups excluding carboxylic acids is 1. The zero-order chi connectivity index (χ0) is 29.9. The van der Waals surface area contributed by atoms with Crippen molar-refractivity contribution < 1.29 is 31.5 Å². The average Bonchev–Trinajstić information content (AvgIpc) is 3.66. The van der Waals surface area contributed by atoms with Crippen molar-refractivity contribution >= 4 is 38.4 Å². The van der Waals surface area contributed by atoms with Gasteiger partial charge in [-0.25, -0.2) is 22.4 Å². The number of halogens is 3. The van der Waals surface area contributed by atoms with Crippen molar-refractivity contribution in [3.8, 4) is 21.8 Å². The van der Waals surface area contributed by atoms with Crippen molar-refractivity contribution in [2.24, 2.45) is 0 Å². The Labute approximate surface area is 242 Å². The maximum Gasteiger partial charge on any atom is 0.406 e. The van der Waals surface area contributed by atoms with Crippen LogP contribution in [0.25, 0.3) is 33.0 Å². The molecule has 3 aromatic heterocycles. The molecular weight excluding hydrogens is 591 g/mol. The van der Waals surface area contributed by atoms with Gasteiger partial charge in [0.15, 0.2) is 11.2 Å². The Hall–Kier alpha value is -4.14. The molecular formula is C28H22F3N5O4S2. The summed E-state index contributed by atoms with van der Waals surface area (Å²) in [7, 11) is -4.00. The van der Waals surface area contributed by atoms with E-state index in [1.54, 1.807) is 29.6 Å². The lowest BCUT2D eigenvalue weighted by atomic mass is 9.90. The van der Waals surface area contributed by atoms with Crippen LogP contribution in [0.2, 0.25) is 0 Å². The van der Waals surface area contributed by atoms with Gasteiger partial charge in [0, 0.05) is 42.5 Å². The van der Waals surface area contributed by atoms with Crippen LogP contribution in [0.1, 0.15) is 17.5 Å². The van der Waals surface area contributed by atoms with Crippen molar-refractivity contribution in [2.75, 3.05) is 13.1 Å². The monoisotopic (exact) mass is 613 g/mol. The molecule has 42 heavy (non-hydrogen) atoms. The van der Waals surface area contributed by atoms with E-state index in [1.165, 1.54) is 54.2 Å². The van der Waals surface area contributed by atoms with Crippen LogP contribution in [0.15, 0.2) is 77.4 Å². The van der Waals surface area contributed by atoms with E-state index in [0.29, 0.717) is 32.2 Å². The Bertz CT molecular complexity index is 1940. The minimum atomic E-state index is -4.58. The van der Waals surface area contributed by atoms with E-state index < -0.39 is 34.3 Å². The van der Waals surface area contributed by atoms with Crippen LogP contribution < -0.4 is 0 Å². The molecule has 0 aliphatic carbocycles. The summed E-state index contributed by atoms with van der Waals surface area (Å²) >= 11 is 1.23. The summed E-state index contributed by atoms with van der Waals surface area (Å²) in [6.45, 7) is 0.200. The standard InChI is InChI=1S/C28H22F3N5O4S2/c1-17-5-7-20(8-6-17)42(39,40)36-14-21(23-24(36)33-11-10-32-23)25-34-22(15-41-25)18-3-2-4-19(13-18)27(38)9-12-35(26(27)37)16-28(29,30)31/h2-8,10-11,13-15,38H,9,12,16H2,1H3/t27-/m1/s1. The highest BCUT2D eigenvalue weighted by Gasteiger charge is 2.49. The number of carbonyl (C=O) groups is 1. The number of nitrogens with zero attached hydrogens (tertiary/aromatic N) is 5. The number of hydrogen-bond acceptors (Lipinski definition) is 8. The Balaban J connectivity index is 1.35. The molecule has 0 spiro atoms. The fourth-order valence-corrected chi connectivity index (χ4v) is 7.10. The number of rotatable bonds is 6. The summed E-state index contributed by atoms with van der Waals surface area (Å²) in [6.07, 6.45) is -0.479. The highest BCUT2D eigenvalue weighted by molar-refractivity contribution is 7.90. The van der Waals surface area contributed by atoms with Gasteiger partial charge in [0.2, 0.25) is 0 Å². The van der Waals surface area contributed by atoms with Crippen LogP contribution in [0.4, 0.5) is 13.2 Å². The Morgan fingerprint density at radius 1 is 1.10 bits per heavy atom. The maximum atomic E-state index is 13.5. The predicted octanol–water partition coefficient (Wildman–Crippen LogP) is 4.75. The summed E-state index contributed by atoms with van der Waals surface area (Å²) in [5.41, 5.74) is 0.874.